The molecule has 0 radical (unpaired) electrons. The molecule has 1 aliphatic rings. The van der Waals surface area contributed by atoms with Gasteiger partial charge >= 0.3 is 5.97 Å². The molecule has 0 bridgehead atoms. The van der Waals surface area contributed by atoms with E-state index >= 15 is 0 Å². The molecule has 1 unspecified atom stereocenters. The van der Waals surface area contributed by atoms with E-state index in [0.29, 0.717) is 5.56 Å². The first kappa shape index (κ1) is 26.5. The van der Waals surface area contributed by atoms with Gasteiger partial charge in [-0.25, -0.2) is 4.79 Å². The minimum atomic E-state index is -0.303. The molecule has 4 rings (SSSR count). The zero-order valence-corrected chi connectivity index (χ0v) is 22.7. The van der Waals surface area contributed by atoms with E-state index in [-0.39, 0.29) is 12.1 Å². The van der Waals surface area contributed by atoms with Gasteiger partial charge in [0.15, 0.2) is 0 Å². The van der Waals surface area contributed by atoms with Crippen molar-refractivity contribution in [3.05, 3.63) is 94.0 Å². The molecule has 0 spiro atoms. The molecule has 0 saturated carbocycles. The summed E-state index contributed by atoms with van der Waals surface area (Å²) in [4.78, 5) is 12.3. The highest BCUT2D eigenvalue weighted by molar-refractivity contribution is 6.01. The topological polar surface area (TPSA) is 44.8 Å². The van der Waals surface area contributed by atoms with Gasteiger partial charge in [-0.3, -0.25) is 0 Å². The molecule has 0 saturated heterocycles. The normalized spacial score (nSPS) is 14.0. The minimum Gasteiger partial charge on any atom is -0.497 e. The average Bonchev–Trinajstić information content (AvgIpc) is 3.11. The van der Waals surface area contributed by atoms with E-state index in [1.165, 1.54) is 40.5 Å². The van der Waals surface area contributed by atoms with Crippen LogP contribution in [0.1, 0.15) is 84.1 Å². The number of fused-ring (bicyclic) bond motifs is 1. The Labute approximate surface area is 221 Å². The fourth-order valence-corrected chi connectivity index (χ4v) is 5.29. The second-order valence-electron chi connectivity index (χ2n) is 9.71. The van der Waals surface area contributed by atoms with Crippen LogP contribution in [0.15, 0.2) is 60.7 Å². The van der Waals surface area contributed by atoms with Gasteiger partial charge in [0.05, 0.1) is 25.9 Å². The molecule has 0 amide bonds. The molecule has 3 aromatic carbocycles. The van der Waals surface area contributed by atoms with Gasteiger partial charge in [-0.15, -0.1) is 0 Å². The number of allylic oxidation sites excluding steroid dienone is 1. The summed E-state index contributed by atoms with van der Waals surface area (Å²) >= 11 is 0. The first-order valence-corrected chi connectivity index (χ1v) is 13.4. The second kappa shape index (κ2) is 12.1. The molecule has 194 valence electrons. The Morgan fingerprint density at radius 2 is 1.62 bits per heavy atom. The van der Waals surface area contributed by atoms with Crippen molar-refractivity contribution in [2.75, 3.05) is 14.2 Å². The van der Waals surface area contributed by atoms with Gasteiger partial charge in [-0.05, 0) is 114 Å². The monoisotopic (exact) mass is 498 g/mol. The summed E-state index contributed by atoms with van der Waals surface area (Å²) in [6.07, 6.45) is 6.24. The number of esters is 1. The van der Waals surface area contributed by atoms with Crippen LogP contribution in [0.4, 0.5) is 0 Å². The Morgan fingerprint density at radius 1 is 0.892 bits per heavy atom. The number of hydrogen-bond acceptors (Lipinski definition) is 4. The summed E-state index contributed by atoms with van der Waals surface area (Å²) in [5, 5.41) is 0. The summed E-state index contributed by atoms with van der Waals surface area (Å²) in [7, 11) is 3.13. The standard InChI is InChI=1S/C33H38O4/c1-6-9-26(7-2)37-27-15-12-23(13-16-27)32-30-18-14-25(33(34)36-5)21-24(30)10-8-11-31(32)29-19-17-28(35-4)20-22(29)3/h12-21,26H,6-11H2,1-5H3. The SMILES string of the molecule is CCCC(CC)Oc1ccc(C2=C(c3ccc(OC)cc3C)CCCc3cc(C(=O)OC)ccc32)cc1. The van der Waals surface area contributed by atoms with E-state index in [1.54, 1.807) is 7.11 Å². The van der Waals surface area contributed by atoms with Gasteiger partial charge in [0, 0.05) is 0 Å². The molecule has 3 aromatic rings. The third-order valence-corrected chi connectivity index (χ3v) is 7.24. The molecule has 1 atom stereocenters. The lowest BCUT2D eigenvalue weighted by molar-refractivity contribution is 0.0600. The minimum absolute atomic E-state index is 0.239. The third-order valence-electron chi connectivity index (χ3n) is 7.24. The van der Waals surface area contributed by atoms with Crippen molar-refractivity contribution in [2.45, 2.75) is 65.4 Å². The van der Waals surface area contributed by atoms with Crippen molar-refractivity contribution < 1.29 is 19.0 Å². The maximum Gasteiger partial charge on any atom is 0.337 e. The lowest BCUT2D eigenvalue weighted by atomic mass is 9.86. The maximum atomic E-state index is 12.3. The number of methoxy groups -OCH3 is 2. The van der Waals surface area contributed by atoms with Crippen LogP contribution in [0, 0.1) is 6.92 Å². The first-order chi connectivity index (χ1) is 18.0. The lowest BCUT2D eigenvalue weighted by Crippen LogP contribution is -2.14. The number of carbonyl (C=O) groups excluding carboxylic acids is 1. The van der Waals surface area contributed by atoms with Crippen LogP contribution >= 0.6 is 0 Å². The van der Waals surface area contributed by atoms with Gasteiger partial charge in [0.2, 0.25) is 0 Å². The molecule has 0 fully saturated rings. The Bertz CT molecular complexity index is 1270. The summed E-state index contributed by atoms with van der Waals surface area (Å²) < 4.78 is 16.7. The van der Waals surface area contributed by atoms with Gasteiger partial charge in [0.25, 0.3) is 0 Å². The number of carbonyl (C=O) groups is 1. The fraction of sp³-hybridized carbons (Fsp3) is 0.364. The largest absolute Gasteiger partial charge is 0.497 e. The van der Waals surface area contributed by atoms with Crippen LogP contribution in [-0.2, 0) is 11.2 Å². The highest BCUT2D eigenvalue weighted by Crippen LogP contribution is 2.42. The summed E-state index contributed by atoms with van der Waals surface area (Å²) in [6.45, 7) is 6.51. The van der Waals surface area contributed by atoms with Crippen molar-refractivity contribution in [1.82, 2.24) is 0 Å². The number of benzene rings is 3. The van der Waals surface area contributed by atoms with Crippen LogP contribution in [0.3, 0.4) is 0 Å². The Hall–Kier alpha value is -3.53. The van der Waals surface area contributed by atoms with Crippen LogP contribution in [0.5, 0.6) is 11.5 Å². The van der Waals surface area contributed by atoms with Crippen molar-refractivity contribution in [3.8, 4) is 11.5 Å². The number of rotatable bonds is 9. The summed E-state index contributed by atoms with van der Waals surface area (Å²) in [5.41, 5.74) is 9.03. The zero-order valence-electron chi connectivity index (χ0n) is 22.7. The van der Waals surface area contributed by atoms with Crippen molar-refractivity contribution >= 4 is 17.1 Å². The zero-order chi connectivity index (χ0) is 26.4. The van der Waals surface area contributed by atoms with Crippen LogP contribution < -0.4 is 9.47 Å². The fourth-order valence-electron chi connectivity index (χ4n) is 5.29. The smallest absolute Gasteiger partial charge is 0.337 e. The number of hydrogen-bond donors (Lipinski definition) is 0. The van der Waals surface area contributed by atoms with Crippen LogP contribution in [-0.4, -0.2) is 26.3 Å². The Kier molecular flexibility index (Phi) is 8.70. The highest BCUT2D eigenvalue weighted by Gasteiger charge is 2.23. The quantitative estimate of drug-likeness (QED) is 0.280. The van der Waals surface area contributed by atoms with Crippen molar-refractivity contribution in [1.29, 1.82) is 0 Å². The van der Waals surface area contributed by atoms with E-state index in [0.717, 1.165) is 55.6 Å². The Balaban J connectivity index is 1.85. The molecule has 1 aliphatic carbocycles. The van der Waals surface area contributed by atoms with Gasteiger partial charge in [-0.2, -0.15) is 0 Å². The first-order valence-electron chi connectivity index (χ1n) is 13.4. The molecule has 4 heteroatoms. The van der Waals surface area contributed by atoms with Crippen molar-refractivity contribution in [3.63, 3.8) is 0 Å². The highest BCUT2D eigenvalue weighted by atomic mass is 16.5. The van der Waals surface area contributed by atoms with E-state index in [9.17, 15) is 4.79 Å². The molecule has 0 aromatic heterocycles. The molecular weight excluding hydrogens is 460 g/mol. The number of ether oxygens (including phenoxy) is 3. The van der Waals surface area contributed by atoms with E-state index < -0.39 is 0 Å². The predicted octanol–water partition coefficient (Wildman–Crippen LogP) is 8.04. The molecule has 37 heavy (non-hydrogen) atoms. The number of aryl methyl sites for hydroxylation is 2. The van der Waals surface area contributed by atoms with E-state index in [4.69, 9.17) is 14.2 Å². The molecular formula is C33H38O4. The van der Waals surface area contributed by atoms with Crippen LogP contribution in [0.2, 0.25) is 0 Å². The maximum absolute atomic E-state index is 12.3. The molecule has 0 aliphatic heterocycles. The predicted molar refractivity (Wildman–Crippen MR) is 150 cm³/mol. The van der Waals surface area contributed by atoms with Gasteiger partial charge < -0.3 is 14.2 Å². The summed E-state index contributed by atoms with van der Waals surface area (Å²) in [6, 6.07) is 20.8. The summed E-state index contributed by atoms with van der Waals surface area (Å²) in [5.74, 6) is 1.46. The molecule has 4 nitrogen and oxygen atoms in total. The Morgan fingerprint density at radius 3 is 2.27 bits per heavy atom. The van der Waals surface area contributed by atoms with Crippen molar-refractivity contribution in [2.24, 2.45) is 0 Å². The lowest BCUT2D eigenvalue weighted by Gasteiger charge is -2.20. The van der Waals surface area contributed by atoms with E-state index in [2.05, 4.69) is 63.2 Å². The molecule has 0 heterocycles. The average molecular weight is 499 g/mol. The molecule has 0 N–H and O–H groups in total. The van der Waals surface area contributed by atoms with Crippen LogP contribution in [0.25, 0.3) is 11.1 Å². The third kappa shape index (κ3) is 5.90. The second-order valence-corrected chi connectivity index (χ2v) is 9.71. The van der Waals surface area contributed by atoms with E-state index in [1.807, 2.05) is 18.2 Å². The van der Waals surface area contributed by atoms with Gasteiger partial charge in [0.1, 0.15) is 11.5 Å². The van der Waals surface area contributed by atoms with Gasteiger partial charge in [-0.1, -0.05) is 44.5 Å².